The summed E-state index contributed by atoms with van der Waals surface area (Å²) in [5.41, 5.74) is 0.663. The Morgan fingerprint density at radius 2 is 1.86 bits per heavy atom. The number of hydrogen-bond donors (Lipinski definition) is 0. The Bertz CT molecular complexity index is 861. The third-order valence-electron chi connectivity index (χ3n) is 3.16. The summed E-state index contributed by atoms with van der Waals surface area (Å²) in [6, 6.07) is 11.5. The van der Waals surface area contributed by atoms with Gasteiger partial charge in [0.2, 0.25) is 0 Å². The van der Waals surface area contributed by atoms with Gasteiger partial charge in [-0.25, -0.2) is 13.5 Å². The molecule has 0 aliphatic rings. The average Bonchev–Trinajstić information content (AvgIpc) is 2.84. The summed E-state index contributed by atoms with van der Waals surface area (Å²) in [7, 11) is 0. The molecule has 3 nitrogen and oxygen atoms in total. The number of carbonyl (C=O) groups excluding carboxylic acids is 1. The van der Waals surface area contributed by atoms with Crippen LogP contribution in [0.3, 0.4) is 0 Å². The van der Waals surface area contributed by atoms with E-state index in [1.165, 1.54) is 41.1 Å². The van der Waals surface area contributed by atoms with Crippen molar-refractivity contribution in [3.63, 3.8) is 0 Å². The molecule has 2 aromatic carbocycles. The average molecular weight is 319 g/mol. The van der Waals surface area contributed by atoms with Crippen LogP contribution < -0.4 is 0 Å². The van der Waals surface area contributed by atoms with E-state index >= 15 is 0 Å². The van der Waals surface area contributed by atoms with E-state index in [9.17, 15) is 13.6 Å². The van der Waals surface area contributed by atoms with Crippen LogP contribution in [-0.4, -0.2) is 16.1 Å². The third kappa shape index (κ3) is 2.40. The molecule has 3 rings (SSSR count). The number of aldehydes is 1. The minimum Gasteiger partial charge on any atom is -0.298 e. The number of nitrogens with zero attached hydrogens (tertiary/aromatic N) is 2. The van der Waals surface area contributed by atoms with Crippen LogP contribution in [0.15, 0.2) is 48.5 Å². The zero-order valence-corrected chi connectivity index (χ0v) is 11.9. The van der Waals surface area contributed by atoms with E-state index in [0.29, 0.717) is 12.0 Å². The Morgan fingerprint density at radius 3 is 2.55 bits per heavy atom. The maximum Gasteiger partial charge on any atom is 0.155 e. The Hall–Kier alpha value is -2.53. The minimum atomic E-state index is -0.522. The molecule has 0 saturated carbocycles. The van der Waals surface area contributed by atoms with Crippen LogP contribution in [0, 0.1) is 11.6 Å². The van der Waals surface area contributed by atoms with Gasteiger partial charge in [-0.15, -0.1) is 0 Å². The summed E-state index contributed by atoms with van der Waals surface area (Å²) < 4.78 is 28.5. The first-order valence-electron chi connectivity index (χ1n) is 6.36. The second-order valence-corrected chi connectivity index (χ2v) is 4.90. The summed E-state index contributed by atoms with van der Waals surface area (Å²) in [4.78, 5) is 11.3. The van der Waals surface area contributed by atoms with Crippen LogP contribution in [0.5, 0.6) is 0 Å². The molecule has 110 valence electrons. The van der Waals surface area contributed by atoms with Crippen LogP contribution in [-0.2, 0) is 0 Å². The highest BCUT2D eigenvalue weighted by Crippen LogP contribution is 2.31. The number of carbonyl (C=O) groups is 1. The monoisotopic (exact) mass is 318 g/mol. The molecule has 0 saturated heterocycles. The molecular formula is C16H9ClF2N2O. The molecule has 0 aliphatic carbocycles. The SMILES string of the molecule is O=Cc1c(-c2ccccc2F)nn(-c2cccc(F)c2)c1Cl. The fraction of sp³-hybridized carbons (Fsp3) is 0. The highest BCUT2D eigenvalue weighted by molar-refractivity contribution is 6.32. The van der Waals surface area contributed by atoms with Gasteiger partial charge in [0.05, 0.1) is 11.3 Å². The molecule has 0 atom stereocenters. The van der Waals surface area contributed by atoms with Crippen molar-refractivity contribution in [3.05, 3.63) is 70.9 Å². The lowest BCUT2D eigenvalue weighted by molar-refractivity contribution is 0.112. The number of aromatic nitrogens is 2. The van der Waals surface area contributed by atoms with E-state index < -0.39 is 11.6 Å². The molecular weight excluding hydrogens is 310 g/mol. The lowest BCUT2D eigenvalue weighted by Gasteiger charge is -2.02. The second kappa shape index (κ2) is 5.69. The topological polar surface area (TPSA) is 34.9 Å². The Labute approximate surface area is 129 Å². The summed E-state index contributed by atoms with van der Waals surface area (Å²) in [6.45, 7) is 0. The van der Waals surface area contributed by atoms with Crippen molar-refractivity contribution in [1.29, 1.82) is 0 Å². The lowest BCUT2D eigenvalue weighted by atomic mass is 10.1. The third-order valence-corrected chi connectivity index (χ3v) is 3.53. The van der Waals surface area contributed by atoms with Crippen LogP contribution in [0.25, 0.3) is 16.9 Å². The largest absolute Gasteiger partial charge is 0.298 e. The smallest absolute Gasteiger partial charge is 0.155 e. The quantitative estimate of drug-likeness (QED) is 0.675. The van der Waals surface area contributed by atoms with Gasteiger partial charge in [0.1, 0.15) is 22.5 Å². The van der Waals surface area contributed by atoms with Crippen LogP contribution in [0.4, 0.5) is 8.78 Å². The summed E-state index contributed by atoms with van der Waals surface area (Å²) >= 11 is 6.14. The van der Waals surface area contributed by atoms with E-state index in [0.717, 1.165) is 0 Å². The van der Waals surface area contributed by atoms with Gasteiger partial charge in [0.25, 0.3) is 0 Å². The molecule has 1 heterocycles. The Morgan fingerprint density at radius 1 is 1.09 bits per heavy atom. The standard InChI is InChI=1S/C16H9ClF2N2O/c17-16-13(9-22)15(12-6-1-2-7-14(12)19)20-21(16)11-5-3-4-10(18)8-11/h1-9H. The molecule has 6 heteroatoms. The van der Waals surface area contributed by atoms with Gasteiger partial charge >= 0.3 is 0 Å². The van der Waals surface area contributed by atoms with Gasteiger partial charge in [-0.1, -0.05) is 29.8 Å². The van der Waals surface area contributed by atoms with Gasteiger partial charge < -0.3 is 0 Å². The van der Waals surface area contributed by atoms with E-state index in [-0.39, 0.29) is 22.0 Å². The minimum absolute atomic E-state index is 0.00106. The lowest BCUT2D eigenvalue weighted by Crippen LogP contribution is -1.97. The first-order valence-corrected chi connectivity index (χ1v) is 6.74. The Balaban J connectivity index is 2.24. The molecule has 3 aromatic rings. The molecule has 22 heavy (non-hydrogen) atoms. The van der Waals surface area contributed by atoms with Crippen molar-refractivity contribution in [2.45, 2.75) is 0 Å². The van der Waals surface area contributed by atoms with Crippen LogP contribution in [0.1, 0.15) is 10.4 Å². The summed E-state index contributed by atoms with van der Waals surface area (Å²) in [5, 5.41) is 4.17. The first kappa shape index (κ1) is 14.4. The number of rotatable bonds is 3. The Kier molecular flexibility index (Phi) is 3.73. The van der Waals surface area contributed by atoms with Crippen LogP contribution >= 0.6 is 11.6 Å². The second-order valence-electron chi connectivity index (χ2n) is 4.54. The first-order chi connectivity index (χ1) is 10.6. The molecule has 0 unspecified atom stereocenters. The van der Waals surface area contributed by atoms with Gasteiger partial charge in [-0.3, -0.25) is 4.79 Å². The van der Waals surface area contributed by atoms with Crippen molar-refractivity contribution in [1.82, 2.24) is 9.78 Å². The van der Waals surface area contributed by atoms with E-state index in [4.69, 9.17) is 11.6 Å². The maximum absolute atomic E-state index is 13.9. The zero-order valence-electron chi connectivity index (χ0n) is 11.1. The summed E-state index contributed by atoms with van der Waals surface area (Å²) in [6.07, 6.45) is 0.507. The maximum atomic E-state index is 13.9. The molecule has 0 bridgehead atoms. The molecule has 0 amide bonds. The zero-order chi connectivity index (χ0) is 15.7. The molecule has 1 aromatic heterocycles. The summed E-state index contributed by atoms with van der Waals surface area (Å²) in [5.74, 6) is -0.990. The molecule has 0 aliphatic heterocycles. The van der Waals surface area contributed by atoms with Gasteiger partial charge in [-0.2, -0.15) is 5.10 Å². The normalized spacial score (nSPS) is 10.7. The molecule has 0 fully saturated rings. The number of benzene rings is 2. The highest BCUT2D eigenvalue weighted by Gasteiger charge is 2.20. The van der Waals surface area contributed by atoms with Crippen molar-refractivity contribution in [3.8, 4) is 16.9 Å². The predicted molar refractivity (Wildman–Crippen MR) is 79.3 cm³/mol. The molecule has 0 N–H and O–H groups in total. The fourth-order valence-electron chi connectivity index (χ4n) is 2.15. The van der Waals surface area contributed by atoms with Crippen LogP contribution in [0.2, 0.25) is 5.15 Å². The van der Waals surface area contributed by atoms with Gasteiger partial charge in [0.15, 0.2) is 6.29 Å². The van der Waals surface area contributed by atoms with E-state index in [2.05, 4.69) is 5.10 Å². The predicted octanol–water partition coefficient (Wildman–Crippen LogP) is 4.28. The van der Waals surface area contributed by atoms with Crippen molar-refractivity contribution < 1.29 is 13.6 Å². The highest BCUT2D eigenvalue weighted by atomic mass is 35.5. The van der Waals surface area contributed by atoms with Gasteiger partial charge in [0, 0.05) is 5.56 Å². The van der Waals surface area contributed by atoms with Crippen molar-refractivity contribution >= 4 is 17.9 Å². The fourth-order valence-corrected chi connectivity index (χ4v) is 2.41. The number of halogens is 3. The van der Waals surface area contributed by atoms with E-state index in [1.54, 1.807) is 12.1 Å². The van der Waals surface area contributed by atoms with E-state index in [1.807, 2.05) is 0 Å². The molecule has 0 radical (unpaired) electrons. The molecule has 0 spiro atoms. The van der Waals surface area contributed by atoms with Gasteiger partial charge in [-0.05, 0) is 30.3 Å². The number of hydrogen-bond acceptors (Lipinski definition) is 2. The van der Waals surface area contributed by atoms with Crippen molar-refractivity contribution in [2.24, 2.45) is 0 Å². The van der Waals surface area contributed by atoms with Crippen molar-refractivity contribution in [2.75, 3.05) is 0 Å².